The van der Waals surface area contributed by atoms with Crippen LogP contribution in [0.1, 0.15) is 19.8 Å². The minimum Gasteiger partial charge on any atom is -0.396 e. The zero-order valence-corrected chi connectivity index (χ0v) is 7.47. The van der Waals surface area contributed by atoms with E-state index in [1.54, 1.807) is 7.11 Å². The third kappa shape index (κ3) is 7.78. The predicted molar refractivity (Wildman–Crippen MR) is 45.7 cm³/mol. The van der Waals surface area contributed by atoms with Crippen LogP contribution in [0.5, 0.6) is 0 Å². The van der Waals surface area contributed by atoms with Gasteiger partial charge in [-0.05, 0) is 26.3 Å². The van der Waals surface area contributed by atoms with Crippen molar-refractivity contribution in [1.29, 1.82) is 0 Å². The maximum atomic E-state index is 8.49. The molecule has 0 rings (SSSR count). The summed E-state index contributed by atoms with van der Waals surface area (Å²) in [5.74, 6) is 0. The van der Waals surface area contributed by atoms with Gasteiger partial charge < -0.3 is 15.2 Å². The lowest BCUT2D eigenvalue weighted by Crippen LogP contribution is -2.28. The molecule has 68 valence electrons. The summed E-state index contributed by atoms with van der Waals surface area (Å²) in [5, 5.41) is 11.8. The third-order valence-corrected chi connectivity index (χ3v) is 1.58. The molecule has 11 heavy (non-hydrogen) atoms. The van der Waals surface area contributed by atoms with Crippen molar-refractivity contribution in [3.05, 3.63) is 0 Å². The van der Waals surface area contributed by atoms with E-state index in [1.165, 1.54) is 0 Å². The molecule has 0 aliphatic carbocycles. The maximum absolute atomic E-state index is 8.49. The van der Waals surface area contributed by atoms with Gasteiger partial charge in [0.15, 0.2) is 0 Å². The first-order valence-electron chi connectivity index (χ1n) is 4.14. The van der Waals surface area contributed by atoms with Crippen LogP contribution in [0, 0.1) is 0 Å². The fourth-order valence-electron chi connectivity index (χ4n) is 0.824. The Hall–Kier alpha value is -0.120. The fourth-order valence-corrected chi connectivity index (χ4v) is 0.824. The normalized spacial score (nSPS) is 13.4. The summed E-state index contributed by atoms with van der Waals surface area (Å²) in [4.78, 5) is 0. The lowest BCUT2D eigenvalue weighted by molar-refractivity contribution is 0.184. The van der Waals surface area contributed by atoms with Gasteiger partial charge in [0.1, 0.15) is 0 Å². The largest absolute Gasteiger partial charge is 0.396 e. The van der Waals surface area contributed by atoms with E-state index >= 15 is 0 Å². The topological polar surface area (TPSA) is 41.5 Å². The van der Waals surface area contributed by atoms with Gasteiger partial charge in [0.2, 0.25) is 0 Å². The van der Waals surface area contributed by atoms with Crippen LogP contribution >= 0.6 is 0 Å². The fraction of sp³-hybridized carbons (Fsp3) is 1.00. The van der Waals surface area contributed by atoms with Crippen molar-refractivity contribution in [1.82, 2.24) is 5.32 Å². The highest BCUT2D eigenvalue weighted by Crippen LogP contribution is 1.90. The quantitative estimate of drug-likeness (QED) is 0.530. The van der Waals surface area contributed by atoms with E-state index in [-0.39, 0.29) is 6.61 Å². The Morgan fingerprint density at radius 1 is 1.55 bits per heavy atom. The van der Waals surface area contributed by atoms with Crippen molar-refractivity contribution in [3.8, 4) is 0 Å². The van der Waals surface area contributed by atoms with Crippen molar-refractivity contribution in [2.45, 2.75) is 25.8 Å². The molecule has 3 heteroatoms. The van der Waals surface area contributed by atoms with E-state index in [1.807, 2.05) is 0 Å². The van der Waals surface area contributed by atoms with Gasteiger partial charge in [-0.15, -0.1) is 0 Å². The molecule has 0 saturated heterocycles. The Bertz CT molecular complexity index is 78.5. The summed E-state index contributed by atoms with van der Waals surface area (Å²) < 4.78 is 4.93. The molecule has 0 aromatic rings. The molecular formula is C8H19NO2. The zero-order valence-electron chi connectivity index (χ0n) is 7.47. The first-order valence-corrected chi connectivity index (χ1v) is 4.14. The summed E-state index contributed by atoms with van der Waals surface area (Å²) in [6.45, 7) is 4.08. The molecule has 0 bridgehead atoms. The number of hydrogen-bond acceptors (Lipinski definition) is 3. The van der Waals surface area contributed by atoms with E-state index in [2.05, 4.69) is 12.2 Å². The standard InChI is InChI=1S/C8H19NO2/c1-8(4-7-11-2)9-5-3-6-10/h8-10H,3-7H2,1-2H3. The molecule has 1 unspecified atom stereocenters. The lowest BCUT2D eigenvalue weighted by atomic mass is 10.2. The number of nitrogens with one attached hydrogen (secondary N) is 1. The molecule has 0 aliphatic rings. The van der Waals surface area contributed by atoms with Gasteiger partial charge in [0.05, 0.1) is 0 Å². The summed E-state index contributed by atoms with van der Waals surface area (Å²) in [6, 6.07) is 0.487. The molecule has 0 radical (unpaired) electrons. The Kier molecular flexibility index (Phi) is 7.89. The molecule has 0 aliphatic heterocycles. The Balaban J connectivity index is 3.02. The third-order valence-electron chi connectivity index (χ3n) is 1.58. The average molecular weight is 161 g/mol. The van der Waals surface area contributed by atoms with Crippen LogP contribution < -0.4 is 5.32 Å². The summed E-state index contributed by atoms with van der Waals surface area (Å²) in [7, 11) is 1.71. The van der Waals surface area contributed by atoms with Crippen molar-refractivity contribution in [2.75, 3.05) is 26.9 Å². The highest BCUT2D eigenvalue weighted by Gasteiger charge is 1.98. The Morgan fingerprint density at radius 3 is 2.82 bits per heavy atom. The summed E-state index contributed by atoms with van der Waals surface area (Å²) in [6.07, 6.45) is 1.86. The first-order chi connectivity index (χ1) is 5.31. The van der Waals surface area contributed by atoms with Crippen molar-refractivity contribution >= 4 is 0 Å². The number of aliphatic hydroxyl groups is 1. The van der Waals surface area contributed by atoms with E-state index in [9.17, 15) is 0 Å². The van der Waals surface area contributed by atoms with E-state index in [0.29, 0.717) is 6.04 Å². The average Bonchev–Trinajstić information content (AvgIpc) is 2.01. The van der Waals surface area contributed by atoms with E-state index in [0.717, 1.165) is 26.0 Å². The number of aliphatic hydroxyl groups excluding tert-OH is 1. The molecule has 0 spiro atoms. The van der Waals surface area contributed by atoms with Gasteiger partial charge in [0, 0.05) is 26.4 Å². The van der Waals surface area contributed by atoms with Gasteiger partial charge in [-0.25, -0.2) is 0 Å². The zero-order chi connectivity index (χ0) is 8.53. The Morgan fingerprint density at radius 2 is 2.27 bits per heavy atom. The number of rotatable bonds is 7. The predicted octanol–water partition coefficient (Wildman–Crippen LogP) is 0.383. The molecule has 0 aromatic carbocycles. The van der Waals surface area contributed by atoms with Crippen LogP contribution in [-0.4, -0.2) is 38.0 Å². The molecule has 0 amide bonds. The molecule has 0 aromatic heterocycles. The van der Waals surface area contributed by atoms with E-state index in [4.69, 9.17) is 9.84 Å². The molecule has 0 fully saturated rings. The second-order valence-electron chi connectivity index (χ2n) is 2.71. The van der Waals surface area contributed by atoms with Crippen LogP contribution in [-0.2, 0) is 4.74 Å². The van der Waals surface area contributed by atoms with Gasteiger partial charge in [-0.1, -0.05) is 0 Å². The smallest absolute Gasteiger partial charge is 0.0476 e. The molecule has 1 atom stereocenters. The molecule has 0 saturated carbocycles. The number of ether oxygens (including phenoxy) is 1. The first kappa shape index (κ1) is 10.9. The van der Waals surface area contributed by atoms with Crippen LogP contribution in [0.4, 0.5) is 0 Å². The van der Waals surface area contributed by atoms with Crippen LogP contribution in [0.25, 0.3) is 0 Å². The summed E-state index contributed by atoms with van der Waals surface area (Å²) in [5.41, 5.74) is 0. The maximum Gasteiger partial charge on any atom is 0.0476 e. The van der Waals surface area contributed by atoms with Crippen molar-refractivity contribution in [2.24, 2.45) is 0 Å². The minimum atomic E-state index is 0.268. The van der Waals surface area contributed by atoms with Crippen LogP contribution in [0.15, 0.2) is 0 Å². The van der Waals surface area contributed by atoms with Crippen molar-refractivity contribution in [3.63, 3.8) is 0 Å². The van der Waals surface area contributed by atoms with Crippen LogP contribution in [0.2, 0.25) is 0 Å². The van der Waals surface area contributed by atoms with E-state index < -0.39 is 0 Å². The number of methoxy groups -OCH3 is 1. The van der Waals surface area contributed by atoms with Gasteiger partial charge in [-0.3, -0.25) is 0 Å². The van der Waals surface area contributed by atoms with Gasteiger partial charge in [-0.2, -0.15) is 0 Å². The monoisotopic (exact) mass is 161 g/mol. The number of hydrogen-bond donors (Lipinski definition) is 2. The second-order valence-corrected chi connectivity index (χ2v) is 2.71. The molecule has 2 N–H and O–H groups in total. The highest BCUT2D eigenvalue weighted by molar-refractivity contribution is 4.59. The van der Waals surface area contributed by atoms with Crippen molar-refractivity contribution < 1.29 is 9.84 Å². The lowest BCUT2D eigenvalue weighted by Gasteiger charge is -2.11. The van der Waals surface area contributed by atoms with Gasteiger partial charge in [0.25, 0.3) is 0 Å². The SMILES string of the molecule is COCCC(C)NCCCO. The van der Waals surface area contributed by atoms with Crippen LogP contribution in [0.3, 0.4) is 0 Å². The Labute approximate surface area is 68.8 Å². The minimum absolute atomic E-state index is 0.268. The molecular weight excluding hydrogens is 142 g/mol. The molecule has 0 heterocycles. The highest BCUT2D eigenvalue weighted by atomic mass is 16.5. The molecule has 3 nitrogen and oxygen atoms in total. The summed E-state index contributed by atoms with van der Waals surface area (Å²) >= 11 is 0. The second kappa shape index (κ2) is 7.98. The van der Waals surface area contributed by atoms with Gasteiger partial charge >= 0.3 is 0 Å².